The molecule has 0 aliphatic carbocycles. The first-order valence-electron chi connectivity index (χ1n) is 10.4. The monoisotopic (exact) mass is 421 g/mol. The number of H-pyrrole nitrogens is 1. The van der Waals surface area contributed by atoms with Crippen molar-refractivity contribution in [2.75, 3.05) is 11.9 Å². The molecule has 0 unspecified atom stereocenters. The smallest absolute Gasteiger partial charge is 0.246 e. The molecule has 4 aromatic rings. The van der Waals surface area contributed by atoms with Gasteiger partial charge in [0.05, 0.1) is 17.8 Å². The molecule has 3 N–H and O–H groups in total. The average molecular weight is 422 g/mol. The molecule has 1 aromatic heterocycles. The van der Waals surface area contributed by atoms with Gasteiger partial charge in [-0.25, -0.2) is 0 Å². The van der Waals surface area contributed by atoms with Crippen molar-refractivity contribution in [3.63, 3.8) is 0 Å². The maximum Gasteiger partial charge on any atom is 0.246 e. The molecule has 0 fully saturated rings. The number of anilines is 1. The number of carbonyl (C=O) groups excluding carboxylic acids is 1. The third-order valence-electron chi connectivity index (χ3n) is 5.22. The van der Waals surface area contributed by atoms with Crippen LogP contribution in [0.25, 0.3) is 11.1 Å². The lowest BCUT2D eigenvalue weighted by Crippen LogP contribution is -2.34. The van der Waals surface area contributed by atoms with Gasteiger partial charge in [-0.1, -0.05) is 54.6 Å². The van der Waals surface area contributed by atoms with Gasteiger partial charge in [0, 0.05) is 24.0 Å². The topological polar surface area (TPSA) is 93.6 Å². The predicted octanol–water partition coefficient (Wildman–Crippen LogP) is 4.46. The lowest BCUT2D eigenvalue weighted by atomic mass is 10.0. The number of aromatic amines is 1. The van der Waals surface area contributed by atoms with Crippen molar-refractivity contribution in [1.29, 1.82) is 5.26 Å². The Morgan fingerprint density at radius 1 is 0.969 bits per heavy atom. The van der Waals surface area contributed by atoms with Gasteiger partial charge >= 0.3 is 0 Å². The van der Waals surface area contributed by atoms with Gasteiger partial charge in [-0.05, 0) is 47.4 Å². The molecular weight excluding hydrogens is 398 g/mol. The molecule has 158 valence electrons. The van der Waals surface area contributed by atoms with Crippen LogP contribution in [0, 0.1) is 11.3 Å². The SMILES string of the molecule is N#Cc1ccc(CCN[C@@H](C(=O)Nc2ccc(-c3cn[nH]c3)cc2)c2ccccc2)cc1. The average Bonchev–Trinajstić information content (AvgIpc) is 3.38. The number of rotatable bonds is 8. The first-order chi connectivity index (χ1) is 15.7. The molecular formula is C26H23N5O. The summed E-state index contributed by atoms with van der Waals surface area (Å²) in [4.78, 5) is 13.1. The summed E-state index contributed by atoms with van der Waals surface area (Å²) in [6.45, 7) is 0.623. The van der Waals surface area contributed by atoms with E-state index in [1.807, 2.05) is 85.1 Å². The number of amides is 1. The van der Waals surface area contributed by atoms with E-state index in [0.29, 0.717) is 12.1 Å². The molecule has 4 rings (SSSR count). The molecule has 1 atom stereocenters. The Bertz CT molecular complexity index is 1180. The van der Waals surface area contributed by atoms with Crippen molar-refractivity contribution >= 4 is 11.6 Å². The molecule has 1 heterocycles. The number of nitriles is 1. The van der Waals surface area contributed by atoms with Crippen LogP contribution in [0.15, 0.2) is 91.3 Å². The third-order valence-corrected chi connectivity index (χ3v) is 5.22. The van der Waals surface area contributed by atoms with Crippen LogP contribution < -0.4 is 10.6 Å². The number of nitrogens with one attached hydrogen (secondary N) is 3. The summed E-state index contributed by atoms with van der Waals surface area (Å²) in [6, 6.07) is 26.5. The fraction of sp³-hybridized carbons (Fsp3) is 0.115. The molecule has 1 amide bonds. The van der Waals surface area contributed by atoms with Gasteiger partial charge in [0.1, 0.15) is 6.04 Å². The second-order valence-electron chi connectivity index (χ2n) is 7.41. The lowest BCUT2D eigenvalue weighted by Gasteiger charge is -2.19. The second-order valence-corrected chi connectivity index (χ2v) is 7.41. The highest BCUT2D eigenvalue weighted by Gasteiger charge is 2.20. The van der Waals surface area contributed by atoms with Crippen molar-refractivity contribution < 1.29 is 4.79 Å². The first kappa shape index (κ1) is 21.0. The van der Waals surface area contributed by atoms with Crippen LogP contribution in [-0.2, 0) is 11.2 Å². The zero-order valence-electron chi connectivity index (χ0n) is 17.5. The molecule has 6 heteroatoms. The van der Waals surface area contributed by atoms with Crippen molar-refractivity contribution in [3.05, 3.63) is 108 Å². The largest absolute Gasteiger partial charge is 0.324 e. The zero-order valence-corrected chi connectivity index (χ0v) is 17.5. The highest BCUT2D eigenvalue weighted by molar-refractivity contribution is 5.95. The third kappa shape index (κ3) is 5.28. The van der Waals surface area contributed by atoms with E-state index in [-0.39, 0.29) is 5.91 Å². The highest BCUT2D eigenvalue weighted by Crippen LogP contribution is 2.21. The van der Waals surface area contributed by atoms with Crippen LogP contribution in [0.4, 0.5) is 5.69 Å². The molecule has 0 aliphatic rings. The fourth-order valence-corrected chi connectivity index (χ4v) is 3.48. The Morgan fingerprint density at radius 2 is 1.72 bits per heavy atom. The molecule has 0 saturated heterocycles. The molecule has 0 bridgehead atoms. The lowest BCUT2D eigenvalue weighted by molar-refractivity contribution is -0.118. The van der Waals surface area contributed by atoms with Gasteiger partial charge in [-0.3, -0.25) is 9.89 Å². The van der Waals surface area contributed by atoms with E-state index in [0.717, 1.165) is 34.4 Å². The van der Waals surface area contributed by atoms with Gasteiger partial charge in [0.2, 0.25) is 5.91 Å². The Morgan fingerprint density at radius 3 is 2.38 bits per heavy atom. The molecule has 3 aromatic carbocycles. The van der Waals surface area contributed by atoms with Crippen LogP contribution in [0.1, 0.15) is 22.7 Å². The summed E-state index contributed by atoms with van der Waals surface area (Å²) in [7, 11) is 0. The maximum atomic E-state index is 13.1. The Kier molecular flexibility index (Phi) is 6.71. The molecule has 0 radical (unpaired) electrons. The maximum absolute atomic E-state index is 13.1. The summed E-state index contributed by atoms with van der Waals surface area (Å²) >= 11 is 0. The number of hydrogen-bond acceptors (Lipinski definition) is 4. The van der Waals surface area contributed by atoms with Gasteiger partial charge in [0.15, 0.2) is 0 Å². The van der Waals surface area contributed by atoms with E-state index in [1.54, 1.807) is 6.20 Å². The molecule has 32 heavy (non-hydrogen) atoms. The van der Waals surface area contributed by atoms with E-state index >= 15 is 0 Å². The molecule has 0 aliphatic heterocycles. The predicted molar refractivity (Wildman–Crippen MR) is 125 cm³/mol. The summed E-state index contributed by atoms with van der Waals surface area (Å²) in [5.74, 6) is -0.118. The van der Waals surface area contributed by atoms with Crippen molar-refractivity contribution in [2.24, 2.45) is 0 Å². The summed E-state index contributed by atoms with van der Waals surface area (Å²) in [5, 5.41) is 22.1. The Hall–Kier alpha value is -4.21. The van der Waals surface area contributed by atoms with E-state index < -0.39 is 6.04 Å². The molecule has 6 nitrogen and oxygen atoms in total. The van der Waals surface area contributed by atoms with Crippen molar-refractivity contribution in [3.8, 4) is 17.2 Å². The van der Waals surface area contributed by atoms with E-state index in [1.165, 1.54) is 0 Å². The normalized spacial score (nSPS) is 11.5. The minimum atomic E-state index is -0.483. The fourth-order valence-electron chi connectivity index (χ4n) is 3.48. The van der Waals surface area contributed by atoms with E-state index in [9.17, 15) is 4.79 Å². The summed E-state index contributed by atoms with van der Waals surface area (Å²) in [6.07, 6.45) is 4.34. The van der Waals surface area contributed by atoms with Crippen LogP contribution >= 0.6 is 0 Å². The number of hydrogen-bond donors (Lipinski definition) is 3. The standard InChI is InChI=1S/C26H23N5O/c27-16-20-8-6-19(7-9-20)14-15-28-25(22-4-2-1-3-5-22)26(32)31-24-12-10-21(11-13-24)23-17-29-30-18-23/h1-13,17-18,25,28H,14-15H2,(H,29,30)(H,31,32)/t25-/m1/s1. The van der Waals surface area contributed by atoms with Gasteiger partial charge < -0.3 is 10.6 Å². The number of aromatic nitrogens is 2. The first-order valence-corrected chi connectivity index (χ1v) is 10.4. The van der Waals surface area contributed by atoms with Crippen molar-refractivity contribution in [1.82, 2.24) is 15.5 Å². The van der Waals surface area contributed by atoms with Gasteiger partial charge in [-0.15, -0.1) is 0 Å². The van der Waals surface area contributed by atoms with Crippen LogP contribution in [0.2, 0.25) is 0 Å². The van der Waals surface area contributed by atoms with Crippen LogP contribution in [0.3, 0.4) is 0 Å². The summed E-state index contributed by atoms with van der Waals surface area (Å²) < 4.78 is 0. The Labute approximate surface area is 186 Å². The number of carbonyl (C=O) groups is 1. The van der Waals surface area contributed by atoms with Gasteiger partial charge in [-0.2, -0.15) is 10.4 Å². The van der Waals surface area contributed by atoms with Crippen LogP contribution in [-0.4, -0.2) is 22.6 Å². The zero-order chi connectivity index (χ0) is 22.2. The van der Waals surface area contributed by atoms with Crippen molar-refractivity contribution in [2.45, 2.75) is 12.5 Å². The quantitative estimate of drug-likeness (QED) is 0.392. The van der Waals surface area contributed by atoms with E-state index in [4.69, 9.17) is 5.26 Å². The van der Waals surface area contributed by atoms with Crippen LogP contribution in [0.5, 0.6) is 0 Å². The molecule has 0 spiro atoms. The molecule has 0 saturated carbocycles. The van der Waals surface area contributed by atoms with E-state index in [2.05, 4.69) is 26.9 Å². The number of nitrogens with zero attached hydrogens (tertiary/aromatic N) is 2. The summed E-state index contributed by atoms with van der Waals surface area (Å²) in [5.41, 5.74) is 5.41. The number of benzene rings is 3. The second kappa shape index (κ2) is 10.2. The highest BCUT2D eigenvalue weighted by atomic mass is 16.2. The minimum Gasteiger partial charge on any atom is -0.324 e. The Balaban J connectivity index is 1.42. The van der Waals surface area contributed by atoms with Gasteiger partial charge in [0.25, 0.3) is 0 Å². The minimum absolute atomic E-state index is 0.118.